The average Bonchev–Trinajstić information content (AvgIpc) is 2.29. The molecule has 0 aliphatic carbocycles. The van der Waals surface area contributed by atoms with Crippen molar-refractivity contribution in [2.45, 2.75) is 50.8 Å². The van der Waals surface area contributed by atoms with Crippen LogP contribution in [0.25, 0.3) is 0 Å². The number of piperidine rings is 2. The maximum absolute atomic E-state index is 12.5. The topological polar surface area (TPSA) is 49.4 Å². The molecular formula is C12H24N2O2S. The highest BCUT2D eigenvalue weighted by molar-refractivity contribution is 7.89. The van der Waals surface area contributed by atoms with Crippen LogP contribution >= 0.6 is 0 Å². The SMILES string of the molecule is CC1CCN(S(=O)(=O)C2CCCNC2)C(C)C1. The minimum absolute atomic E-state index is 0.172. The van der Waals surface area contributed by atoms with Crippen molar-refractivity contribution >= 4 is 10.0 Å². The standard InChI is InChI=1S/C12H24N2O2S/c1-10-5-7-14(11(2)8-10)17(15,16)12-4-3-6-13-9-12/h10-13H,3-9H2,1-2H3. The first kappa shape index (κ1) is 13.3. The van der Waals surface area contributed by atoms with Gasteiger partial charge < -0.3 is 5.32 Å². The zero-order valence-corrected chi connectivity index (χ0v) is 11.7. The Kier molecular flexibility index (Phi) is 4.10. The molecule has 4 nitrogen and oxygen atoms in total. The maximum Gasteiger partial charge on any atom is 0.218 e. The Morgan fingerprint density at radius 2 is 2.00 bits per heavy atom. The molecule has 0 bridgehead atoms. The quantitative estimate of drug-likeness (QED) is 0.811. The van der Waals surface area contributed by atoms with Crippen LogP contribution in [0.2, 0.25) is 0 Å². The lowest BCUT2D eigenvalue weighted by atomic mass is 9.95. The highest BCUT2D eigenvalue weighted by Gasteiger charge is 2.37. The third-order valence-electron chi connectivity index (χ3n) is 4.08. The van der Waals surface area contributed by atoms with Gasteiger partial charge in [0.15, 0.2) is 0 Å². The van der Waals surface area contributed by atoms with Crippen LogP contribution in [0, 0.1) is 5.92 Å². The van der Waals surface area contributed by atoms with Gasteiger partial charge in [0.1, 0.15) is 0 Å². The molecule has 2 aliphatic rings. The molecule has 0 spiro atoms. The summed E-state index contributed by atoms with van der Waals surface area (Å²) < 4.78 is 26.8. The summed E-state index contributed by atoms with van der Waals surface area (Å²) in [5, 5.41) is 3.00. The van der Waals surface area contributed by atoms with Gasteiger partial charge in [-0.25, -0.2) is 8.42 Å². The van der Waals surface area contributed by atoms with Gasteiger partial charge in [-0.15, -0.1) is 0 Å². The summed E-state index contributed by atoms with van der Waals surface area (Å²) in [5.41, 5.74) is 0. The Hall–Kier alpha value is -0.130. The molecule has 2 rings (SSSR count). The summed E-state index contributed by atoms with van der Waals surface area (Å²) >= 11 is 0. The average molecular weight is 260 g/mol. The molecule has 100 valence electrons. The van der Waals surface area contributed by atoms with E-state index in [4.69, 9.17) is 0 Å². The van der Waals surface area contributed by atoms with Gasteiger partial charge in [0.05, 0.1) is 5.25 Å². The van der Waals surface area contributed by atoms with Gasteiger partial charge in [-0.1, -0.05) is 6.92 Å². The second-order valence-electron chi connectivity index (χ2n) is 5.60. The summed E-state index contributed by atoms with van der Waals surface area (Å²) in [4.78, 5) is 0. The third kappa shape index (κ3) is 2.83. The van der Waals surface area contributed by atoms with Crippen molar-refractivity contribution in [2.75, 3.05) is 19.6 Å². The molecule has 0 aromatic heterocycles. The van der Waals surface area contributed by atoms with Crippen molar-refractivity contribution in [3.8, 4) is 0 Å². The van der Waals surface area contributed by atoms with Crippen LogP contribution in [0.3, 0.4) is 0 Å². The van der Waals surface area contributed by atoms with Gasteiger partial charge in [-0.3, -0.25) is 0 Å². The summed E-state index contributed by atoms with van der Waals surface area (Å²) in [6, 6.07) is 0.172. The van der Waals surface area contributed by atoms with Crippen molar-refractivity contribution in [3.05, 3.63) is 0 Å². The first-order chi connectivity index (χ1) is 8.01. The lowest BCUT2D eigenvalue weighted by Crippen LogP contribution is -2.51. The molecule has 0 aromatic rings. The highest BCUT2D eigenvalue weighted by Crippen LogP contribution is 2.27. The number of hydrogen-bond acceptors (Lipinski definition) is 3. The molecule has 2 fully saturated rings. The zero-order chi connectivity index (χ0) is 12.5. The minimum Gasteiger partial charge on any atom is -0.315 e. The van der Waals surface area contributed by atoms with Crippen LogP contribution in [0.4, 0.5) is 0 Å². The Labute approximate surface area is 105 Å². The van der Waals surface area contributed by atoms with Gasteiger partial charge in [-0.2, -0.15) is 4.31 Å². The normalized spacial score (nSPS) is 36.9. The smallest absolute Gasteiger partial charge is 0.218 e. The van der Waals surface area contributed by atoms with E-state index in [1.54, 1.807) is 4.31 Å². The number of hydrogen-bond donors (Lipinski definition) is 1. The minimum atomic E-state index is -3.09. The van der Waals surface area contributed by atoms with Crippen LogP contribution in [0.5, 0.6) is 0 Å². The molecule has 3 atom stereocenters. The van der Waals surface area contributed by atoms with Crippen LogP contribution < -0.4 is 5.32 Å². The van der Waals surface area contributed by atoms with Crippen LogP contribution in [0.15, 0.2) is 0 Å². The summed E-state index contributed by atoms with van der Waals surface area (Å²) in [5.74, 6) is 0.654. The maximum atomic E-state index is 12.5. The lowest BCUT2D eigenvalue weighted by Gasteiger charge is -2.38. The van der Waals surface area contributed by atoms with Crippen molar-refractivity contribution in [1.82, 2.24) is 9.62 Å². The second kappa shape index (κ2) is 5.24. The number of nitrogens with zero attached hydrogens (tertiary/aromatic N) is 1. The fourth-order valence-electron chi connectivity index (χ4n) is 3.03. The Balaban J connectivity index is 2.08. The second-order valence-corrected chi connectivity index (χ2v) is 7.77. The van der Waals surface area contributed by atoms with Gasteiger partial charge in [0.2, 0.25) is 10.0 Å². The molecule has 2 aliphatic heterocycles. The lowest BCUT2D eigenvalue weighted by molar-refractivity contribution is 0.217. The number of sulfonamides is 1. The van der Waals surface area contributed by atoms with E-state index in [0.717, 1.165) is 32.2 Å². The summed E-state index contributed by atoms with van der Waals surface area (Å²) in [7, 11) is -3.09. The predicted octanol–water partition coefficient (Wildman–Crippen LogP) is 1.19. The molecule has 0 amide bonds. The fraction of sp³-hybridized carbons (Fsp3) is 1.00. The van der Waals surface area contributed by atoms with Crippen molar-refractivity contribution in [2.24, 2.45) is 5.92 Å². The van der Waals surface area contributed by atoms with E-state index in [1.165, 1.54) is 0 Å². The van der Waals surface area contributed by atoms with Gasteiger partial charge in [-0.05, 0) is 45.1 Å². The molecule has 2 heterocycles. The van der Waals surface area contributed by atoms with Gasteiger partial charge in [0, 0.05) is 19.1 Å². The van der Waals surface area contributed by atoms with Crippen LogP contribution in [0.1, 0.15) is 39.5 Å². The van der Waals surface area contributed by atoms with E-state index < -0.39 is 10.0 Å². The van der Waals surface area contributed by atoms with Gasteiger partial charge >= 0.3 is 0 Å². The molecule has 17 heavy (non-hydrogen) atoms. The van der Waals surface area contributed by atoms with Crippen molar-refractivity contribution in [3.63, 3.8) is 0 Å². The third-order valence-corrected chi connectivity index (χ3v) is 6.52. The zero-order valence-electron chi connectivity index (χ0n) is 10.9. The Bertz CT molecular complexity index is 350. The molecule has 5 heteroatoms. The number of rotatable bonds is 2. The first-order valence-electron chi connectivity index (χ1n) is 6.73. The summed E-state index contributed by atoms with van der Waals surface area (Å²) in [6.07, 6.45) is 3.79. The summed E-state index contributed by atoms with van der Waals surface area (Å²) in [6.45, 7) is 6.55. The van der Waals surface area contributed by atoms with E-state index >= 15 is 0 Å². The Morgan fingerprint density at radius 1 is 1.24 bits per heavy atom. The molecule has 0 saturated carbocycles. The molecule has 1 N–H and O–H groups in total. The predicted molar refractivity (Wildman–Crippen MR) is 69.4 cm³/mol. The van der Waals surface area contributed by atoms with Crippen molar-refractivity contribution in [1.29, 1.82) is 0 Å². The molecule has 3 unspecified atom stereocenters. The van der Waals surface area contributed by atoms with E-state index in [2.05, 4.69) is 12.2 Å². The van der Waals surface area contributed by atoms with Crippen molar-refractivity contribution < 1.29 is 8.42 Å². The van der Waals surface area contributed by atoms with E-state index in [1.807, 2.05) is 6.92 Å². The Morgan fingerprint density at radius 3 is 2.59 bits per heavy atom. The monoisotopic (exact) mass is 260 g/mol. The fourth-order valence-corrected chi connectivity index (χ4v) is 5.15. The molecule has 0 radical (unpaired) electrons. The van der Waals surface area contributed by atoms with Gasteiger partial charge in [0.25, 0.3) is 0 Å². The van der Waals surface area contributed by atoms with E-state index in [-0.39, 0.29) is 11.3 Å². The molecule has 2 saturated heterocycles. The van der Waals surface area contributed by atoms with Crippen LogP contribution in [-0.2, 0) is 10.0 Å². The first-order valence-corrected chi connectivity index (χ1v) is 8.23. The van der Waals surface area contributed by atoms with E-state index in [0.29, 0.717) is 19.0 Å². The largest absolute Gasteiger partial charge is 0.315 e. The highest BCUT2D eigenvalue weighted by atomic mass is 32.2. The van der Waals surface area contributed by atoms with Crippen LogP contribution in [-0.4, -0.2) is 43.6 Å². The van der Waals surface area contributed by atoms with E-state index in [9.17, 15) is 8.42 Å². The number of nitrogens with one attached hydrogen (secondary N) is 1. The molecular weight excluding hydrogens is 236 g/mol. The molecule has 0 aromatic carbocycles.